The maximum atomic E-state index is 11.8. The van der Waals surface area contributed by atoms with Crippen LogP contribution in [0.3, 0.4) is 0 Å². The number of H-pyrrole nitrogens is 1. The minimum Gasteiger partial charge on any atom is -0.358 e. The summed E-state index contributed by atoms with van der Waals surface area (Å²) >= 11 is 0. The first kappa shape index (κ1) is 13.7. The summed E-state index contributed by atoms with van der Waals surface area (Å²) in [5.41, 5.74) is 0.989. The summed E-state index contributed by atoms with van der Waals surface area (Å²) in [5.74, 6) is 0.504. The highest BCUT2D eigenvalue weighted by Gasteiger charge is 2.21. The minimum absolute atomic E-state index is 0.0325. The number of nitrogens with one attached hydrogen (secondary N) is 3. The van der Waals surface area contributed by atoms with Gasteiger partial charge in [0.1, 0.15) is 0 Å². The molecule has 0 aliphatic carbocycles. The molecule has 1 aromatic heterocycles. The van der Waals surface area contributed by atoms with E-state index in [9.17, 15) is 4.79 Å². The molecule has 1 aromatic rings. The second-order valence-electron chi connectivity index (χ2n) is 4.70. The second kappa shape index (κ2) is 6.39. The van der Waals surface area contributed by atoms with Crippen molar-refractivity contribution in [2.75, 3.05) is 7.05 Å². The molecule has 1 rings (SSSR count). The van der Waals surface area contributed by atoms with Crippen molar-refractivity contribution in [2.45, 2.75) is 39.3 Å². The third-order valence-electron chi connectivity index (χ3n) is 2.71. The first-order valence-corrected chi connectivity index (χ1v) is 6.01. The van der Waals surface area contributed by atoms with Crippen LogP contribution in [0.1, 0.15) is 38.9 Å². The highest BCUT2D eigenvalue weighted by Crippen LogP contribution is 2.12. The van der Waals surface area contributed by atoms with Gasteiger partial charge in [0.2, 0.25) is 5.91 Å². The molecular formula is C12H22N4O. The molecule has 1 heterocycles. The van der Waals surface area contributed by atoms with Gasteiger partial charge in [-0.2, -0.15) is 5.10 Å². The van der Waals surface area contributed by atoms with Crippen LogP contribution in [0.25, 0.3) is 0 Å². The van der Waals surface area contributed by atoms with Crippen LogP contribution in [0.2, 0.25) is 0 Å². The number of hydrogen-bond donors (Lipinski definition) is 3. The van der Waals surface area contributed by atoms with Crippen molar-refractivity contribution in [2.24, 2.45) is 5.92 Å². The van der Waals surface area contributed by atoms with E-state index < -0.39 is 0 Å². The van der Waals surface area contributed by atoms with E-state index in [1.165, 1.54) is 0 Å². The SMILES string of the molecule is CNC(=O)C(CC(C)C)NC(C)c1ccn[nH]1. The standard InChI is InChI=1S/C12H22N4O/c1-8(2)7-11(12(17)13-4)15-9(3)10-5-6-14-16-10/h5-6,8-9,11,15H,7H2,1-4H3,(H,13,17)(H,14,16). The van der Waals surface area contributed by atoms with E-state index in [0.717, 1.165) is 12.1 Å². The Bertz CT molecular complexity index is 334. The number of nitrogens with zero attached hydrogens (tertiary/aromatic N) is 1. The lowest BCUT2D eigenvalue weighted by atomic mass is 10.0. The normalized spacial score (nSPS) is 14.6. The second-order valence-corrected chi connectivity index (χ2v) is 4.70. The van der Waals surface area contributed by atoms with Crippen LogP contribution in [0.4, 0.5) is 0 Å². The Labute approximate surface area is 102 Å². The Morgan fingerprint density at radius 3 is 2.65 bits per heavy atom. The zero-order valence-corrected chi connectivity index (χ0v) is 10.9. The van der Waals surface area contributed by atoms with Gasteiger partial charge in [0.15, 0.2) is 0 Å². The van der Waals surface area contributed by atoms with Crippen molar-refractivity contribution in [1.29, 1.82) is 0 Å². The van der Waals surface area contributed by atoms with Crippen LogP contribution in [0.15, 0.2) is 12.3 Å². The van der Waals surface area contributed by atoms with Crippen LogP contribution in [-0.4, -0.2) is 29.2 Å². The first-order chi connectivity index (χ1) is 8.04. The van der Waals surface area contributed by atoms with Crippen LogP contribution in [0, 0.1) is 5.92 Å². The van der Waals surface area contributed by atoms with Crippen LogP contribution in [-0.2, 0) is 4.79 Å². The number of likely N-dealkylation sites (N-methyl/N-ethyl adjacent to an activating group) is 1. The van der Waals surface area contributed by atoms with Crippen LogP contribution >= 0.6 is 0 Å². The Hall–Kier alpha value is -1.36. The van der Waals surface area contributed by atoms with Crippen LogP contribution in [0.5, 0.6) is 0 Å². The Morgan fingerprint density at radius 1 is 1.47 bits per heavy atom. The maximum Gasteiger partial charge on any atom is 0.236 e. The summed E-state index contributed by atoms with van der Waals surface area (Å²) in [6.07, 6.45) is 2.53. The molecular weight excluding hydrogens is 216 g/mol. The molecule has 96 valence electrons. The van der Waals surface area contributed by atoms with E-state index in [2.05, 4.69) is 34.7 Å². The Kier molecular flexibility index (Phi) is 5.15. The number of carbonyl (C=O) groups excluding carboxylic acids is 1. The molecule has 0 aliphatic rings. The number of amides is 1. The lowest BCUT2D eigenvalue weighted by Gasteiger charge is -2.22. The number of aromatic nitrogens is 2. The van der Waals surface area contributed by atoms with Crippen molar-refractivity contribution < 1.29 is 4.79 Å². The average molecular weight is 238 g/mol. The largest absolute Gasteiger partial charge is 0.358 e. The number of rotatable bonds is 6. The molecule has 0 saturated heterocycles. The van der Waals surface area contributed by atoms with Gasteiger partial charge in [-0.15, -0.1) is 0 Å². The van der Waals surface area contributed by atoms with Gasteiger partial charge in [-0.05, 0) is 25.3 Å². The van der Waals surface area contributed by atoms with Gasteiger partial charge in [0.25, 0.3) is 0 Å². The molecule has 17 heavy (non-hydrogen) atoms. The van der Waals surface area contributed by atoms with E-state index in [1.807, 2.05) is 13.0 Å². The van der Waals surface area contributed by atoms with Gasteiger partial charge in [0, 0.05) is 19.3 Å². The quantitative estimate of drug-likeness (QED) is 0.698. The predicted octanol–water partition coefficient (Wildman–Crippen LogP) is 1.22. The smallest absolute Gasteiger partial charge is 0.236 e. The average Bonchev–Trinajstić information content (AvgIpc) is 2.79. The van der Waals surface area contributed by atoms with Gasteiger partial charge >= 0.3 is 0 Å². The molecule has 0 bridgehead atoms. The lowest BCUT2D eigenvalue weighted by Crippen LogP contribution is -2.44. The molecule has 1 amide bonds. The lowest BCUT2D eigenvalue weighted by molar-refractivity contribution is -0.123. The summed E-state index contributed by atoms with van der Waals surface area (Å²) in [5, 5.41) is 12.8. The van der Waals surface area contributed by atoms with Gasteiger partial charge in [-0.1, -0.05) is 13.8 Å². The zero-order valence-electron chi connectivity index (χ0n) is 10.9. The van der Waals surface area contributed by atoms with Gasteiger partial charge in [0.05, 0.1) is 11.7 Å². The predicted molar refractivity (Wildman–Crippen MR) is 67.4 cm³/mol. The third kappa shape index (κ3) is 4.19. The summed E-state index contributed by atoms with van der Waals surface area (Å²) in [4.78, 5) is 11.8. The summed E-state index contributed by atoms with van der Waals surface area (Å²) in [7, 11) is 1.66. The molecule has 0 saturated carbocycles. The molecule has 0 aliphatic heterocycles. The Balaban J connectivity index is 2.62. The Morgan fingerprint density at radius 2 is 2.18 bits per heavy atom. The fourth-order valence-electron chi connectivity index (χ4n) is 1.80. The van der Waals surface area contributed by atoms with Crippen molar-refractivity contribution >= 4 is 5.91 Å². The molecule has 2 atom stereocenters. The minimum atomic E-state index is -0.168. The van der Waals surface area contributed by atoms with Crippen molar-refractivity contribution in [3.63, 3.8) is 0 Å². The first-order valence-electron chi connectivity index (χ1n) is 6.01. The van der Waals surface area contributed by atoms with E-state index in [1.54, 1.807) is 13.2 Å². The molecule has 0 aromatic carbocycles. The number of hydrogen-bond acceptors (Lipinski definition) is 3. The van der Waals surface area contributed by atoms with Gasteiger partial charge < -0.3 is 5.32 Å². The van der Waals surface area contributed by atoms with Gasteiger partial charge in [-0.25, -0.2) is 0 Å². The summed E-state index contributed by atoms with van der Waals surface area (Å²) < 4.78 is 0. The van der Waals surface area contributed by atoms with Crippen LogP contribution < -0.4 is 10.6 Å². The molecule has 0 fully saturated rings. The van der Waals surface area contributed by atoms with Crippen molar-refractivity contribution in [1.82, 2.24) is 20.8 Å². The zero-order chi connectivity index (χ0) is 12.8. The summed E-state index contributed by atoms with van der Waals surface area (Å²) in [6.45, 7) is 6.24. The molecule has 0 radical (unpaired) electrons. The van der Waals surface area contributed by atoms with Crippen molar-refractivity contribution in [3.8, 4) is 0 Å². The van der Waals surface area contributed by atoms with Crippen molar-refractivity contribution in [3.05, 3.63) is 18.0 Å². The monoisotopic (exact) mass is 238 g/mol. The molecule has 3 N–H and O–H groups in total. The molecule has 0 spiro atoms. The highest BCUT2D eigenvalue weighted by molar-refractivity contribution is 5.81. The number of carbonyl (C=O) groups is 1. The van der Waals surface area contributed by atoms with E-state index in [4.69, 9.17) is 0 Å². The van der Waals surface area contributed by atoms with E-state index >= 15 is 0 Å². The number of aromatic amines is 1. The fourth-order valence-corrected chi connectivity index (χ4v) is 1.80. The highest BCUT2D eigenvalue weighted by atomic mass is 16.2. The molecule has 5 nitrogen and oxygen atoms in total. The van der Waals surface area contributed by atoms with E-state index in [-0.39, 0.29) is 18.0 Å². The maximum absolute atomic E-state index is 11.8. The third-order valence-corrected chi connectivity index (χ3v) is 2.71. The fraction of sp³-hybridized carbons (Fsp3) is 0.667. The summed E-state index contributed by atoms with van der Waals surface area (Å²) in [6, 6.07) is 1.82. The van der Waals surface area contributed by atoms with Gasteiger partial charge in [-0.3, -0.25) is 15.2 Å². The van der Waals surface area contributed by atoms with E-state index in [0.29, 0.717) is 5.92 Å². The molecule has 2 unspecified atom stereocenters. The topological polar surface area (TPSA) is 69.8 Å². The molecule has 5 heteroatoms.